The molecule has 122 valence electrons. The molecule has 1 aromatic rings. The molecular weight excluding hydrogens is 314 g/mol. The second-order valence-electron chi connectivity index (χ2n) is 6.39. The van der Waals surface area contributed by atoms with Crippen molar-refractivity contribution in [1.29, 1.82) is 0 Å². The molecule has 7 nitrogen and oxygen atoms in total. The molecular formula is C17H13NO6. The van der Waals surface area contributed by atoms with E-state index in [9.17, 15) is 19.2 Å². The van der Waals surface area contributed by atoms with Gasteiger partial charge in [-0.05, 0) is 36.5 Å². The van der Waals surface area contributed by atoms with Crippen molar-refractivity contribution in [1.82, 2.24) is 0 Å². The van der Waals surface area contributed by atoms with E-state index in [2.05, 4.69) is 0 Å². The van der Waals surface area contributed by atoms with E-state index < -0.39 is 23.8 Å². The Balaban J connectivity index is 1.79. The first-order valence-corrected chi connectivity index (χ1v) is 7.56. The summed E-state index contributed by atoms with van der Waals surface area (Å²) in [4.78, 5) is 48.9. The molecule has 2 aliphatic carbocycles. The van der Waals surface area contributed by atoms with E-state index in [1.807, 2.05) is 12.2 Å². The summed E-state index contributed by atoms with van der Waals surface area (Å²) in [6, 6.07) is 3.34. The Morgan fingerprint density at radius 2 is 1.33 bits per heavy atom. The molecule has 1 heterocycles. The standard InChI is InChI=1S/C17H13NO6/c19-14-12-7-1-2-8(3-7)13(12)15(20)18(14)11-5-9(16(21)22)4-10(6-11)17(23)24/h1-2,4-8,12-13H,3H2,(H,21,22)(H,23,24)/t7-,8+,12+,13-. The Kier molecular flexibility index (Phi) is 2.90. The lowest BCUT2D eigenvalue weighted by molar-refractivity contribution is -0.123. The van der Waals surface area contributed by atoms with Crippen molar-refractivity contribution in [2.24, 2.45) is 23.7 Å². The molecule has 3 aliphatic rings. The fourth-order valence-corrected chi connectivity index (χ4v) is 4.14. The maximum absolute atomic E-state index is 12.7. The minimum Gasteiger partial charge on any atom is -0.478 e. The first kappa shape index (κ1) is 14.6. The van der Waals surface area contributed by atoms with Crippen LogP contribution in [0, 0.1) is 23.7 Å². The van der Waals surface area contributed by atoms with E-state index in [0.29, 0.717) is 0 Å². The first-order chi connectivity index (χ1) is 11.4. The summed E-state index contributed by atoms with van der Waals surface area (Å²) in [5.41, 5.74) is -0.539. The van der Waals surface area contributed by atoms with Gasteiger partial charge in [-0.15, -0.1) is 0 Å². The molecule has 1 aromatic carbocycles. The van der Waals surface area contributed by atoms with Gasteiger partial charge >= 0.3 is 11.9 Å². The zero-order valence-corrected chi connectivity index (χ0v) is 12.4. The van der Waals surface area contributed by atoms with Crippen LogP contribution in [-0.4, -0.2) is 34.0 Å². The lowest BCUT2D eigenvalue weighted by atomic mass is 9.85. The second kappa shape index (κ2) is 4.77. The number of carbonyl (C=O) groups excluding carboxylic acids is 2. The molecule has 2 amide bonds. The molecule has 0 aromatic heterocycles. The van der Waals surface area contributed by atoms with Gasteiger partial charge in [-0.3, -0.25) is 9.59 Å². The van der Waals surface area contributed by atoms with Gasteiger partial charge in [0.1, 0.15) is 0 Å². The van der Waals surface area contributed by atoms with Gasteiger partial charge in [0, 0.05) is 0 Å². The van der Waals surface area contributed by atoms with E-state index >= 15 is 0 Å². The van der Waals surface area contributed by atoms with Crippen LogP contribution in [0.25, 0.3) is 0 Å². The fraction of sp³-hybridized carbons (Fsp3) is 0.294. The number of amides is 2. The van der Waals surface area contributed by atoms with Crippen LogP contribution in [0.1, 0.15) is 27.1 Å². The van der Waals surface area contributed by atoms with Gasteiger partial charge in [0.2, 0.25) is 11.8 Å². The lowest BCUT2D eigenvalue weighted by Crippen LogP contribution is -2.33. The normalized spacial score (nSPS) is 30.1. The van der Waals surface area contributed by atoms with Crippen LogP contribution in [0.4, 0.5) is 5.69 Å². The summed E-state index contributed by atoms with van der Waals surface area (Å²) in [6.07, 6.45) is 4.70. The van der Waals surface area contributed by atoms with Crippen LogP contribution >= 0.6 is 0 Å². The number of fused-ring (bicyclic) bond motifs is 5. The molecule has 2 bridgehead atoms. The number of hydrogen-bond donors (Lipinski definition) is 2. The minimum atomic E-state index is -1.32. The monoisotopic (exact) mass is 327 g/mol. The maximum atomic E-state index is 12.7. The summed E-state index contributed by atoms with van der Waals surface area (Å²) in [5.74, 6) is -4.17. The Hall–Kier alpha value is -2.96. The molecule has 1 saturated heterocycles. The van der Waals surface area contributed by atoms with Crippen molar-refractivity contribution in [2.75, 3.05) is 4.90 Å². The Bertz CT molecular complexity index is 779. The zero-order valence-electron chi connectivity index (χ0n) is 12.4. The number of allylic oxidation sites excluding steroid dienone is 2. The van der Waals surface area contributed by atoms with Crippen LogP contribution in [0.15, 0.2) is 30.4 Å². The largest absolute Gasteiger partial charge is 0.478 e. The minimum absolute atomic E-state index is 0.0103. The molecule has 2 fully saturated rings. The molecule has 1 aliphatic heterocycles. The van der Waals surface area contributed by atoms with E-state index in [4.69, 9.17) is 10.2 Å². The third-order valence-corrected chi connectivity index (χ3v) is 5.14. The number of carbonyl (C=O) groups is 4. The van der Waals surface area contributed by atoms with Crippen LogP contribution in [-0.2, 0) is 9.59 Å². The predicted octanol–water partition coefficient (Wildman–Crippen LogP) is 1.39. The highest BCUT2D eigenvalue weighted by Gasteiger charge is 2.59. The number of imide groups is 1. The third-order valence-electron chi connectivity index (χ3n) is 5.14. The summed E-state index contributed by atoms with van der Waals surface area (Å²) < 4.78 is 0. The topological polar surface area (TPSA) is 112 Å². The molecule has 2 N–H and O–H groups in total. The number of carboxylic acid groups (broad SMARTS) is 2. The molecule has 7 heteroatoms. The second-order valence-corrected chi connectivity index (χ2v) is 6.39. The summed E-state index contributed by atoms with van der Waals surface area (Å²) >= 11 is 0. The summed E-state index contributed by atoms with van der Waals surface area (Å²) in [6.45, 7) is 0. The zero-order chi connectivity index (χ0) is 17.2. The van der Waals surface area contributed by atoms with Crippen LogP contribution in [0.5, 0.6) is 0 Å². The van der Waals surface area contributed by atoms with Gasteiger partial charge in [-0.2, -0.15) is 0 Å². The van der Waals surface area contributed by atoms with Crippen molar-refractivity contribution in [3.63, 3.8) is 0 Å². The lowest BCUT2D eigenvalue weighted by Gasteiger charge is -2.18. The van der Waals surface area contributed by atoms with Gasteiger partial charge < -0.3 is 10.2 Å². The highest BCUT2D eigenvalue weighted by atomic mass is 16.4. The molecule has 4 rings (SSSR count). The number of anilines is 1. The van der Waals surface area contributed by atoms with Gasteiger partial charge in [0.05, 0.1) is 28.7 Å². The van der Waals surface area contributed by atoms with Crippen LogP contribution in [0.3, 0.4) is 0 Å². The average molecular weight is 327 g/mol. The average Bonchev–Trinajstić information content (AvgIpc) is 3.21. The quantitative estimate of drug-likeness (QED) is 0.641. The molecule has 0 unspecified atom stereocenters. The third kappa shape index (κ3) is 1.84. The van der Waals surface area contributed by atoms with E-state index in [-0.39, 0.29) is 40.5 Å². The van der Waals surface area contributed by atoms with E-state index in [1.54, 1.807) is 0 Å². The Labute approximate surface area is 136 Å². The van der Waals surface area contributed by atoms with Crippen molar-refractivity contribution >= 4 is 29.4 Å². The van der Waals surface area contributed by atoms with Crippen molar-refractivity contribution in [3.8, 4) is 0 Å². The first-order valence-electron chi connectivity index (χ1n) is 7.56. The number of hydrogen-bond acceptors (Lipinski definition) is 4. The SMILES string of the molecule is O=C(O)c1cc(C(=O)O)cc(N2C(=O)[C@@H]3[C@H](C2=O)[C@H]2C=C[C@@H]3C2)c1. The van der Waals surface area contributed by atoms with Gasteiger partial charge in [0.15, 0.2) is 0 Å². The number of carboxylic acids is 2. The van der Waals surface area contributed by atoms with Crippen molar-refractivity contribution in [2.45, 2.75) is 6.42 Å². The molecule has 0 radical (unpaired) electrons. The van der Waals surface area contributed by atoms with E-state index in [0.717, 1.165) is 17.4 Å². The van der Waals surface area contributed by atoms with Crippen molar-refractivity contribution in [3.05, 3.63) is 41.5 Å². The summed E-state index contributed by atoms with van der Waals surface area (Å²) in [5, 5.41) is 18.3. The molecule has 0 spiro atoms. The number of rotatable bonds is 3. The van der Waals surface area contributed by atoms with Crippen LogP contribution < -0.4 is 4.90 Å². The Morgan fingerprint density at radius 1 is 0.875 bits per heavy atom. The predicted molar refractivity (Wildman–Crippen MR) is 80.6 cm³/mol. The summed E-state index contributed by atoms with van der Waals surface area (Å²) in [7, 11) is 0. The van der Waals surface area contributed by atoms with E-state index in [1.165, 1.54) is 12.1 Å². The van der Waals surface area contributed by atoms with Crippen molar-refractivity contribution < 1.29 is 29.4 Å². The highest BCUT2D eigenvalue weighted by Crippen LogP contribution is 2.53. The van der Waals surface area contributed by atoms with Crippen LogP contribution in [0.2, 0.25) is 0 Å². The highest BCUT2D eigenvalue weighted by molar-refractivity contribution is 6.23. The maximum Gasteiger partial charge on any atom is 0.335 e. The molecule has 4 atom stereocenters. The number of aromatic carboxylic acids is 2. The Morgan fingerprint density at radius 3 is 1.75 bits per heavy atom. The fourth-order valence-electron chi connectivity index (χ4n) is 4.14. The molecule has 24 heavy (non-hydrogen) atoms. The van der Waals surface area contributed by atoms with Gasteiger partial charge in [-0.25, -0.2) is 14.5 Å². The smallest absolute Gasteiger partial charge is 0.335 e. The molecule has 1 saturated carbocycles. The number of nitrogens with zero attached hydrogens (tertiary/aromatic N) is 1. The van der Waals surface area contributed by atoms with Gasteiger partial charge in [0.25, 0.3) is 0 Å². The number of benzene rings is 1. The van der Waals surface area contributed by atoms with Gasteiger partial charge in [-0.1, -0.05) is 12.2 Å².